The van der Waals surface area contributed by atoms with E-state index >= 15 is 0 Å². The van der Waals surface area contributed by atoms with E-state index in [4.69, 9.17) is 4.74 Å². The summed E-state index contributed by atoms with van der Waals surface area (Å²) in [6.07, 6.45) is 0.939. The fourth-order valence-corrected chi connectivity index (χ4v) is 2.66. The van der Waals surface area contributed by atoms with Gasteiger partial charge in [-0.15, -0.1) is 10.2 Å². The number of nitrogens with zero attached hydrogens (tertiary/aromatic N) is 3. The number of rotatable bonds is 4. The van der Waals surface area contributed by atoms with Crippen molar-refractivity contribution in [3.8, 4) is 17.1 Å². The van der Waals surface area contributed by atoms with E-state index in [-0.39, 0.29) is 11.7 Å². The van der Waals surface area contributed by atoms with Crippen LogP contribution in [0.4, 0.5) is 4.39 Å². The van der Waals surface area contributed by atoms with Crippen molar-refractivity contribution in [1.29, 1.82) is 0 Å². The summed E-state index contributed by atoms with van der Waals surface area (Å²) >= 11 is 0. The lowest BCUT2D eigenvalue weighted by atomic mass is 10.1. The summed E-state index contributed by atoms with van der Waals surface area (Å²) in [4.78, 5) is 13.1. The van der Waals surface area contributed by atoms with Crippen LogP contribution < -0.4 is 4.74 Å². The van der Waals surface area contributed by atoms with Gasteiger partial charge in [-0.25, -0.2) is 4.39 Å². The number of carbonyl (C=O) groups is 1. The molecule has 2 aromatic rings. The Morgan fingerprint density at radius 3 is 2.87 bits per heavy atom. The van der Waals surface area contributed by atoms with Crippen molar-refractivity contribution >= 4 is 5.91 Å². The molecule has 120 valence electrons. The van der Waals surface area contributed by atoms with E-state index in [0.29, 0.717) is 29.7 Å². The van der Waals surface area contributed by atoms with Crippen molar-refractivity contribution in [2.75, 3.05) is 19.7 Å². The van der Waals surface area contributed by atoms with Gasteiger partial charge >= 0.3 is 0 Å². The van der Waals surface area contributed by atoms with Gasteiger partial charge in [-0.3, -0.25) is 4.79 Å². The van der Waals surface area contributed by atoms with Gasteiger partial charge in [0.15, 0.2) is 0 Å². The lowest BCUT2D eigenvalue weighted by molar-refractivity contribution is -0.127. The zero-order valence-electron chi connectivity index (χ0n) is 12.9. The number of amides is 1. The Hall–Kier alpha value is -2.50. The molecule has 1 aliphatic heterocycles. The minimum atomic E-state index is -0.305. The van der Waals surface area contributed by atoms with Crippen molar-refractivity contribution in [2.45, 2.75) is 13.3 Å². The highest BCUT2D eigenvalue weighted by Crippen LogP contribution is 2.20. The number of hydrogen-bond acceptors (Lipinski definition) is 4. The van der Waals surface area contributed by atoms with Crippen LogP contribution in [0, 0.1) is 11.7 Å². The van der Waals surface area contributed by atoms with Gasteiger partial charge in [0.2, 0.25) is 11.8 Å². The topological polar surface area (TPSA) is 55.3 Å². The third-order valence-corrected chi connectivity index (χ3v) is 3.96. The molecule has 1 aromatic carbocycles. The molecular weight excluding hydrogens is 297 g/mol. The highest BCUT2D eigenvalue weighted by Gasteiger charge is 2.24. The molecule has 1 saturated heterocycles. The van der Waals surface area contributed by atoms with Crippen LogP contribution in [-0.2, 0) is 4.79 Å². The molecule has 0 radical (unpaired) electrons. The number of likely N-dealkylation sites (tertiary alicyclic amines) is 1. The van der Waals surface area contributed by atoms with Gasteiger partial charge in [0.05, 0.1) is 12.3 Å². The smallest absolute Gasteiger partial charge is 0.233 e. The van der Waals surface area contributed by atoms with E-state index < -0.39 is 0 Å². The number of hydrogen-bond donors (Lipinski definition) is 0. The first-order valence-electron chi connectivity index (χ1n) is 7.60. The SMILES string of the molecule is CC(=O)N1CCC(COc2ccc(-c3cccc(F)c3)nn2)C1. The van der Waals surface area contributed by atoms with Crippen LogP contribution in [0.25, 0.3) is 11.3 Å². The van der Waals surface area contributed by atoms with Crippen LogP contribution in [-0.4, -0.2) is 40.7 Å². The summed E-state index contributed by atoms with van der Waals surface area (Å²) in [7, 11) is 0. The van der Waals surface area contributed by atoms with Gasteiger partial charge in [0.25, 0.3) is 0 Å². The highest BCUT2D eigenvalue weighted by molar-refractivity contribution is 5.73. The average molecular weight is 315 g/mol. The van der Waals surface area contributed by atoms with Gasteiger partial charge < -0.3 is 9.64 Å². The first-order valence-corrected chi connectivity index (χ1v) is 7.60. The summed E-state index contributed by atoms with van der Waals surface area (Å²) in [5.41, 5.74) is 1.28. The first kappa shape index (κ1) is 15.4. The molecule has 1 atom stereocenters. The largest absolute Gasteiger partial charge is 0.476 e. The zero-order valence-corrected chi connectivity index (χ0v) is 12.9. The quantitative estimate of drug-likeness (QED) is 0.870. The predicted octanol–water partition coefficient (Wildman–Crippen LogP) is 2.53. The molecule has 3 rings (SSSR count). The summed E-state index contributed by atoms with van der Waals surface area (Å²) in [5, 5.41) is 8.10. The Kier molecular flexibility index (Phi) is 4.50. The summed E-state index contributed by atoms with van der Waals surface area (Å²) in [6.45, 7) is 3.61. The maximum Gasteiger partial charge on any atom is 0.233 e. The average Bonchev–Trinajstić information content (AvgIpc) is 3.03. The molecule has 2 heterocycles. The van der Waals surface area contributed by atoms with Gasteiger partial charge in [-0.05, 0) is 24.6 Å². The fraction of sp³-hybridized carbons (Fsp3) is 0.353. The Bertz CT molecular complexity index is 690. The number of ether oxygens (including phenoxy) is 1. The third kappa shape index (κ3) is 3.83. The van der Waals surface area contributed by atoms with E-state index in [1.54, 1.807) is 31.2 Å². The fourth-order valence-electron chi connectivity index (χ4n) is 2.66. The molecule has 1 unspecified atom stereocenters. The molecule has 1 fully saturated rings. The van der Waals surface area contributed by atoms with E-state index in [9.17, 15) is 9.18 Å². The van der Waals surface area contributed by atoms with Crippen LogP contribution in [0.5, 0.6) is 5.88 Å². The van der Waals surface area contributed by atoms with Gasteiger partial charge in [0.1, 0.15) is 5.82 Å². The van der Waals surface area contributed by atoms with Crippen molar-refractivity contribution < 1.29 is 13.9 Å². The molecule has 0 spiro atoms. The summed E-state index contributed by atoms with van der Waals surface area (Å²) < 4.78 is 18.9. The van der Waals surface area contributed by atoms with E-state index in [2.05, 4.69) is 10.2 Å². The van der Waals surface area contributed by atoms with Crippen LogP contribution in [0.1, 0.15) is 13.3 Å². The molecule has 1 aromatic heterocycles. The molecule has 6 heteroatoms. The molecule has 1 amide bonds. The van der Waals surface area contributed by atoms with Gasteiger partial charge in [0, 0.05) is 37.6 Å². The first-order chi connectivity index (χ1) is 11.1. The third-order valence-electron chi connectivity index (χ3n) is 3.96. The maximum atomic E-state index is 13.2. The number of halogens is 1. The molecule has 0 aliphatic carbocycles. The minimum Gasteiger partial charge on any atom is -0.476 e. The van der Waals surface area contributed by atoms with E-state index in [1.165, 1.54) is 12.1 Å². The Morgan fingerprint density at radius 2 is 2.22 bits per heavy atom. The van der Waals surface area contributed by atoms with Crippen LogP contribution in [0.2, 0.25) is 0 Å². The van der Waals surface area contributed by atoms with Gasteiger partial charge in [-0.1, -0.05) is 12.1 Å². The number of benzene rings is 1. The summed E-state index contributed by atoms with van der Waals surface area (Å²) in [6, 6.07) is 9.71. The lowest BCUT2D eigenvalue weighted by Gasteiger charge is -2.14. The second kappa shape index (κ2) is 6.73. The van der Waals surface area contributed by atoms with E-state index in [1.807, 2.05) is 4.90 Å². The monoisotopic (exact) mass is 315 g/mol. The highest BCUT2D eigenvalue weighted by atomic mass is 19.1. The number of aromatic nitrogens is 2. The Morgan fingerprint density at radius 1 is 1.35 bits per heavy atom. The molecule has 23 heavy (non-hydrogen) atoms. The molecule has 5 nitrogen and oxygen atoms in total. The molecular formula is C17H18FN3O2. The van der Waals surface area contributed by atoms with Crippen molar-refractivity contribution in [2.24, 2.45) is 5.92 Å². The Balaban J connectivity index is 1.57. The lowest BCUT2D eigenvalue weighted by Crippen LogP contribution is -2.27. The van der Waals surface area contributed by atoms with Crippen molar-refractivity contribution in [3.63, 3.8) is 0 Å². The zero-order chi connectivity index (χ0) is 16.2. The normalized spacial score (nSPS) is 17.3. The molecule has 0 N–H and O–H groups in total. The number of carbonyl (C=O) groups excluding carboxylic acids is 1. The standard InChI is InChI=1S/C17H18FN3O2/c1-12(22)21-8-7-13(10-21)11-23-17-6-5-16(19-20-17)14-3-2-4-15(18)9-14/h2-6,9,13H,7-8,10-11H2,1H3. The molecule has 0 saturated carbocycles. The van der Waals surface area contributed by atoms with Crippen LogP contribution >= 0.6 is 0 Å². The Labute approximate surface area is 134 Å². The summed E-state index contributed by atoms with van der Waals surface area (Å²) in [5.74, 6) is 0.558. The van der Waals surface area contributed by atoms with E-state index in [0.717, 1.165) is 19.5 Å². The maximum absolute atomic E-state index is 13.2. The second-order valence-corrected chi connectivity index (χ2v) is 5.70. The van der Waals surface area contributed by atoms with Gasteiger partial charge in [-0.2, -0.15) is 0 Å². The molecule has 0 bridgehead atoms. The minimum absolute atomic E-state index is 0.103. The van der Waals surface area contributed by atoms with Crippen molar-refractivity contribution in [1.82, 2.24) is 15.1 Å². The van der Waals surface area contributed by atoms with Crippen LogP contribution in [0.15, 0.2) is 36.4 Å². The second-order valence-electron chi connectivity index (χ2n) is 5.70. The van der Waals surface area contributed by atoms with Crippen molar-refractivity contribution in [3.05, 3.63) is 42.2 Å². The van der Waals surface area contributed by atoms with Crippen LogP contribution in [0.3, 0.4) is 0 Å². The molecule has 1 aliphatic rings. The predicted molar refractivity (Wildman–Crippen MR) is 83.3 cm³/mol.